The topological polar surface area (TPSA) is 84.9 Å². The molecule has 0 aliphatic rings. The fourth-order valence-electron chi connectivity index (χ4n) is 2.27. The van der Waals surface area contributed by atoms with Crippen LogP contribution in [0.15, 0.2) is 30.3 Å². The van der Waals surface area contributed by atoms with Crippen molar-refractivity contribution in [2.75, 3.05) is 37.1 Å². The highest BCUT2D eigenvalue weighted by Gasteiger charge is 2.24. The molecular weight excluding hydrogens is 415 g/mol. The third-order valence-electron chi connectivity index (χ3n) is 3.76. The average Bonchev–Trinajstić information content (AvgIpc) is 2.61. The summed E-state index contributed by atoms with van der Waals surface area (Å²) in [5.41, 5.74) is 0.512. The van der Waals surface area contributed by atoms with Crippen molar-refractivity contribution in [3.05, 3.63) is 45.9 Å². The van der Waals surface area contributed by atoms with Crippen molar-refractivity contribution < 1.29 is 22.7 Å². The number of halogens is 2. The number of hydrogen-bond donors (Lipinski definition) is 1. The molecule has 0 radical (unpaired) electrons. The summed E-state index contributed by atoms with van der Waals surface area (Å²) in [7, 11) is 0.531. The first-order chi connectivity index (χ1) is 12.6. The molecule has 2 aromatic rings. The molecule has 0 fully saturated rings. The minimum atomic E-state index is -3.63. The third-order valence-corrected chi connectivity index (χ3v) is 5.50. The van der Waals surface area contributed by atoms with Gasteiger partial charge in [0.1, 0.15) is 0 Å². The molecule has 0 spiro atoms. The van der Waals surface area contributed by atoms with Crippen LogP contribution in [0.25, 0.3) is 0 Å². The number of anilines is 2. The first-order valence-corrected chi connectivity index (χ1v) is 10.1. The fraction of sp³-hybridized carbons (Fsp3) is 0.235. The predicted molar refractivity (Wildman–Crippen MR) is 107 cm³/mol. The zero-order valence-corrected chi connectivity index (χ0v) is 17.4. The summed E-state index contributed by atoms with van der Waals surface area (Å²) >= 11 is 12.0. The Morgan fingerprint density at radius 2 is 1.67 bits per heavy atom. The quantitative estimate of drug-likeness (QED) is 0.752. The minimum absolute atomic E-state index is 0.0617. The van der Waals surface area contributed by atoms with E-state index in [0.717, 1.165) is 10.6 Å². The molecule has 0 aromatic heterocycles. The number of carbonyl (C=O) groups excluding carboxylic acids is 1. The van der Waals surface area contributed by atoms with E-state index >= 15 is 0 Å². The van der Waals surface area contributed by atoms with E-state index in [1.54, 1.807) is 12.1 Å². The van der Waals surface area contributed by atoms with Crippen LogP contribution >= 0.6 is 23.2 Å². The van der Waals surface area contributed by atoms with Gasteiger partial charge < -0.3 is 14.8 Å². The number of carbonyl (C=O) groups is 1. The van der Waals surface area contributed by atoms with Gasteiger partial charge in [-0.15, -0.1) is 0 Å². The van der Waals surface area contributed by atoms with Crippen molar-refractivity contribution in [1.82, 2.24) is 0 Å². The van der Waals surface area contributed by atoms with Crippen LogP contribution in [0, 0.1) is 0 Å². The monoisotopic (exact) mass is 432 g/mol. The SMILES string of the molecule is COc1cc(C(=O)Nc2ccc(Cl)cc2Cl)c(N(C)S(C)(=O)=O)cc1OC. The molecule has 0 saturated heterocycles. The lowest BCUT2D eigenvalue weighted by molar-refractivity contribution is 0.102. The van der Waals surface area contributed by atoms with Crippen LogP contribution in [0.3, 0.4) is 0 Å². The maximum absolute atomic E-state index is 12.9. The molecular formula is C17H18Cl2N2O5S. The van der Waals surface area contributed by atoms with Crippen LogP contribution < -0.4 is 19.1 Å². The molecule has 0 aliphatic heterocycles. The molecule has 10 heteroatoms. The van der Waals surface area contributed by atoms with Gasteiger partial charge in [-0.25, -0.2) is 8.42 Å². The van der Waals surface area contributed by atoms with Crippen molar-refractivity contribution in [2.45, 2.75) is 0 Å². The van der Waals surface area contributed by atoms with E-state index in [9.17, 15) is 13.2 Å². The van der Waals surface area contributed by atoms with Gasteiger partial charge in [-0.3, -0.25) is 9.10 Å². The number of amides is 1. The van der Waals surface area contributed by atoms with E-state index in [0.29, 0.717) is 10.7 Å². The van der Waals surface area contributed by atoms with Gasteiger partial charge in [-0.2, -0.15) is 0 Å². The van der Waals surface area contributed by atoms with Crippen LogP contribution in [-0.2, 0) is 10.0 Å². The second-order valence-corrected chi connectivity index (χ2v) is 8.39. The lowest BCUT2D eigenvalue weighted by atomic mass is 10.1. The number of nitrogens with one attached hydrogen (secondary N) is 1. The van der Waals surface area contributed by atoms with Gasteiger partial charge >= 0.3 is 0 Å². The van der Waals surface area contributed by atoms with E-state index in [2.05, 4.69) is 5.32 Å². The predicted octanol–water partition coefficient (Wildman–Crippen LogP) is 3.66. The molecule has 0 bridgehead atoms. The van der Waals surface area contributed by atoms with Crippen molar-refractivity contribution in [1.29, 1.82) is 0 Å². The van der Waals surface area contributed by atoms with Gasteiger partial charge in [0.05, 0.1) is 42.4 Å². The summed E-state index contributed by atoms with van der Waals surface area (Å²) < 4.78 is 35.4. The van der Waals surface area contributed by atoms with Crippen LogP contribution in [0.1, 0.15) is 10.4 Å². The van der Waals surface area contributed by atoms with E-state index in [1.165, 1.54) is 39.5 Å². The minimum Gasteiger partial charge on any atom is -0.493 e. The summed E-state index contributed by atoms with van der Waals surface area (Å²) in [4.78, 5) is 12.9. The highest BCUT2D eigenvalue weighted by atomic mass is 35.5. The fourth-order valence-corrected chi connectivity index (χ4v) is 3.23. The van der Waals surface area contributed by atoms with Gasteiger partial charge in [0.2, 0.25) is 10.0 Å². The Bertz CT molecular complexity index is 980. The molecule has 0 saturated carbocycles. The Hall–Kier alpha value is -2.16. The van der Waals surface area contributed by atoms with Crippen LogP contribution in [0.4, 0.5) is 11.4 Å². The second-order valence-electron chi connectivity index (χ2n) is 5.53. The first-order valence-electron chi connectivity index (χ1n) is 7.54. The van der Waals surface area contributed by atoms with Gasteiger partial charge in [0.15, 0.2) is 11.5 Å². The molecule has 2 rings (SSSR count). The van der Waals surface area contributed by atoms with Gasteiger partial charge in [-0.1, -0.05) is 23.2 Å². The lowest BCUT2D eigenvalue weighted by Crippen LogP contribution is -2.28. The molecule has 0 unspecified atom stereocenters. The number of methoxy groups -OCH3 is 2. The number of rotatable bonds is 6. The smallest absolute Gasteiger partial charge is 0.257 e. The molecule has 146 valence electrons. The summed E-state index contributed by atoms with van der Waals surface area (Å²) in [5.74, 6) is -0.0229. The maximum Gasteiger partial charge on any atom is 0.257 e. The van der Waals surface area contributed by atoms with Gasteiger partial charge in [0, 0.05) is 18.1 Å². The summed E-state index contributed by atoms with van der Waals surface area (Å²) in [5, 5.41) is 3.30. The summed E-state index contributed by atoms with van der Waals surface area (Å²) in [6.45, 7) is 0. The summed E-state index contributed by atoms with van der Waals surface area (Å²) in [6, 6.07) is 7.41. The lowest BCUT2D eigenvalue weighted by Gasteiger charge is -2.22. The zero-order chi connectivity index (χ0) is 20.4. The van der Waals surface area contributed by atoms with Crippen molar-refractivity contribution in [3.63, 3.8) is 0 Å². The summed E-state index contributed by atoms with van der Waals surface area (Å²) in [6.07, 6.45) is 1.03. The van der Waals surface area contributed by atoms with Crippen molar-refractivity contribution >= 4 is 50.5 Å². The number of ether oxygens (including phenoxy) is 2. The Balaban J connectivity index is 2.56. The number of benzene rings is 2. The Morgan fingerprint density at radius 1 is 1.07 bits per heavy atom. The molecule has 0 atom stereocenters. The Labute approximate surface area is 167 Å². The molecule has 1 amide bonds. The number of nitrogens with zero attached hydrogens (tertiary/aromatic N) is 1. The largest absolute Gasteiger partial charge is 0.493 e. The standard InChI is InChI=1S/C17H18Cl2N2O5S/c1-21(27(4,23)24)14-9-16(26-3)15(25-2)8-11(14)17(22)20-13-6-5-10(18)7-12(13)19/h5-9H,1-4H3,(H,20,22). The van der Waals surface area contributed by atoms with Gasteiger partial charge in [0.25, 0.3) is 5.91 Å². The molecule has 27 heavy (non-hydrogen) atoms. The highest BCUT2D eigenvalue weighted by molar-refractivity contribution is 7.92. The van der Waals surface area contributed by atoms with Crippen LogP contribution in [-0.4, -0.2) is 41.8 Å². The van der Waals surface area contributed by atoms with Crippen LogP contribution in [0.5, 0.6) is 11.5 Å². The Morgan fingerprint density at radius 3 is 2.19 bits per heavy atom. The average molecular weight is 433 g/mol. The normalized spacial score (nSPS) is 11.0. The first kappa shape index (κ1) is 21.1. The van der Waals surface area contributed by atoms with Crippen molar-refractivity contribution in [2.24, 2.45) is 0 Å². The molecule has 0 heterocycles. The Kier molecular flexibility index (Phi) is 6.46. The van der Waals surface area contributed by atoms with Crippen LogP contribution in [0.2, 0.25) is 10.0 Å². The highest BCUT2D eigenvalue weighted by Crippen LogP contribution is 2.36. The van der Waals surface area contributed by atoms with Crippen molar-refractivity contribution in [3.8, 4) is 11.5 Å². The van der Waals surface area contributed by atoms with E-state index in [4.69, 9.17) is 32.7 Å². The third kappa shape index (κ3) is 4.77. The molecule has 7 nitrogen and oxygen atoms in total. The molecule has 0 aliphatic carbocycles. The molecule has 2 aromatic carbocycles. The van der Waals surface area contributed by atoms with E-state index in [-0.39, 0.29) is 27.8 Å². The number of hydrogen-bond acceptors (Lipinski definition) is 5. The van der Waals surface area contributed by atoms with E-state index < -0.39 is 15.9 Å². The maximum atomic E-state index is 12.9. The van der Waals surface area contributed by atoms with E-state index in [1.807, 2.05) is 0 Å². The zero-order valence-electron chi connectivity index (χ0n) is 15.0. The number of sulfonamides is 1. The second kappa shape index (κ2) is 8.24. The molecule has 1 N–H and O–H groups in total. The van der Waals surface area contributed by atoms with Gasteiger partial charge in [-0.05, 0) is 24.3 Å².